The predicted octanol–water partition coefficient (Wildman–Crippen LogP) is 5.54. The third-order valence-electron chi connectivity index (χ3n) is 6.08. The second kappa shape index (κ2) is 11.3. The van der Waals surface area contributed by atoms with Crippen LogP contribution in [0.5, 0.6) is 11.5 Å². The van der Waals surface area contributed by atoms with Gasteiger partial charge in [0, 0.05) is 12.1 Å². The fourth-order valence-corrected chi connectivity index (χ4v) is 4.24. The largest absolute Gasteiger partial charge is 0.497 e. The first kappa shape index (κ1) is 22.6. The minimum Gasteiger partial charge on any atom is -0.497 e. The average Bonchev–Trinajstić information content (AvgIpc) is 2.73. The molecule has 1 fully saturated rings. The molecule has 28 heavy (non-hydrogen) atoms. The molecule has 2 aromatic carbocycles. The molecule has 3 rings (SSSR count). The molecular weight excluding hydrogens is 370 g/mol. The van der Waals surface area contributed by atoms with E-state index in [9.17, 15) is 0 Å². The van der Waals surface area contributed by atoms with Gasteiger partial charge < -0.3 is 14.4 Å². The Morgan fingerprint density at radius 1 is 0.750 bits per heavy atom. The van der Waals surface area contributed by atoms with Crippen molar-refractivity contribution in [1.82, 2.24) is 4.90 Å². The standard InChI is InChI=1S/C24H33NO2.ClH/c1-25-21(13-7-19-9-15-23(26-2)16-10-19)5-4-6-22(25)14-8-20-11-17-24(27-3)18-12-20;/h9-12,15-18,21-22H,4-8,13-14H2,1-3H3;1H. The molecule has 154 valence electrons. The van der Waals surface area contributed by atoms with Crippen LogP contribution in [0.15, 0.2) is 48.5 Å². The van der Waals surface area contributed by atoms with Crippen LogP contribution in [0.2, 0.25) is 0 Å². The molecule has 0 saturated carbocycles. The van der Waals surface area contributed by atoms with Gasteiger partial charge in [0.05, 0.1) is 14.2 Å². The zero-order valence-electron chi connectivity index (χ0n) is 17.4. The molecule has 1 aliphatic heterocycles. The van der Waals surface area contributed by atoms with Crippen LogP contribution in [0.4, 0.5) is 0 Å². The van der Waals surface area contributed by atoms with Gasteiger partial charge in [-0.15, -0.1) is 12.4 Å². The van der Waals surface area contributed by atoms with E-state index in [1.165, 1.54) is 43.2 Å². The third kappa shape index (κ3) is 6.15. The van der Waals surface area contributed by atoms with Crippen molar-refractivity contribution in [3.05, 3.63) is 59.7 Å². The van der Waals surface area contributed by atoms with Crippen molar-refractivity contribution < 1.29 is 9.47 Å². The maximum atomic E-state index is 5.26. The summed E-state index contributed by atoms with van der Waals surface area (Å²) in [7, 11) is 5.77. The number of likely N-dealkylation sites (tertiary alicyclic amines) is 1. The van der Waals surface area contributed by atoms with Gasteiger partial charge >= 0.3 is 0 Å². The van der Waals surface area contributed by atoms with Crippen LogP contribution in [-0.2, 0) is 12.8 Å². The smallest absolute Gasteiger partial charge is 0.118 e. The van der Waals surface area contributed by atoms with E-state index < -0.39 is 0 Å². The number of ether oxygens (including phenoxy) is 2. The number of halogens is 1. The molecular formula is C24H34ClNO2. The van der Waals surface area contributed by atoms with Gasteiger partial charge in [0.25, 0.3) is 0 Å². The van der Waals surface area contributed by atoms with Gasteiger partial charge in [-0.25, -0.2) is 0 Å². The zero-order chi connectivity index (χ0) is 19.1. The van der Waals surface area contributed by atoms with Crippen LogP contribution in [0.1, 0.15) is 43.2 Å². The Labute approximate surface area is 176 Å². The Bertz CT molecular complexity index is 627. The lowest BCUT2D eigenvalue weighted by Gasteiger charge is -2.40. The van der Waals surface area contributed by atoms with Crippen molar-refractivity contribution in [3.63, 3.8) is 0 Å². The predicted molar refractivity (Wildman–Crippen MR) is 119 cm³/mol. The highest BCUT2D eigenvalue weighted by molar-refractivity contribution is 5.85. The Kier molecular flexibility index (Phi) is 9.14. The van der Waals surface area contributed by atoms with Crippen LogP contribution >= 0.6 is 12.4 Å². The lowest BCUT2D eigenvalue weighted by Crippen LogP contribution is -2.44. The summed E-state index contributed by atoms with van der Waals surface area (Å²) in [6.45, 7) is 0. The van der Waals surface area contributed by atoms with E-state index in [0.29, 0.717) is 12.1 Å². The van der Waals surface area contributed by atoms with E-state index in [4.69, 9.17) is 9.47 Å². The number of benzene rings is 2. The Hall–Kier alpha value is -1.71. The van der Waals surface area contributed by atoms with E-state index in [1.807, 2.05) is 0 Å². The quantitative estimate of drug-likeness (QED) is 0.577. The highest BCUT2D eigenvalue weighted by Crippen LogP contribution is 2.27. The van der Waals surface area contributed by atoms with Gasteiger partial charge in [0.15, 0.2) is 0 Å². The second-order valence-electron chi connectivity index (χ2n) is 7.68. The molecule has 1 heterocycles. The van der Waals surface area contributed by atoms with Crippen LogP contribution in [-0.4, -0.2) is 38.3 Å². The van der Waals surface area contributed by atoms with Gasteiger partial charge in [0.2, 0.25) is 0 Å². The maximum absolute atomic E-state index is 5.26. The summed E-state index contributed by atoms with van der Waals surface area (Å²) < 4.78 is 10.5. The Balaban J connectivity index is 0.00000280. The summed E-state index contributed by atoms with van der Waals surface area (Å²) in [6.07, 6.45) is 8.76. The maximum Gasteiger partial charge on any atom is 0.118 e. The van der Waals surface area contributed by atoms with Crippen molar-refractivity contribution in [2.24, 2.45) is 0 Å². The lowest BCUT2D eigenvalue weighted by molar-refractivity contribution is 0.103. The normalized spacial score (nSPS) is 19.7. The lowest BCUT2D eigenvalue weighted by atomic mass is 9.89. The SMILES string of the molecule is COc1ccc(CCC2CCCC(CCc3ccc(OC)cc3)N2C)cc1.Cl. The summed E-state index contributed by atoms with van der Waals surface area (Å²) >= 11 is 0. The molecule has 4 heteroatoms. The third-order valence-corrected chi connectivity index (χ3v) is 6.08. The Morgan fingerprint density at radius 2 is 1.14 bits per heavy atom. The topological polar surface area (TPSA) is 21.7 Å². The second-order valence-corrected chi connectivity index (χ2v) is 7.68. The summed E-state index contributed by atoms with van der Waals surface area (Å²) in [6, 6.07) is 18.4. The molecule has 0 N–H and O–H groups in total. The number of nitrogens with zero attached hydrogens (tertiary/aromatic N) is 1. The van der Waals surface area contributed by atoms with Gasteiger partial charge in [-0.05, 0) is 81.0 Å². The molecule has 0 radical (unpaired) electrons. The van der Waals surface area contributed by atoms with E-state index in [0.717, 1.165) is 24.3 Å². The monoisotopic (exact) mass is 403 g/mol. The number of hydrogen-bond acceptors (Lipinski definition) is 3. The summed E-state index contributed by atoms with van der Waals surface area (Å²) in [5, 5.41) is 0. The number of hydrogen-bond donors (Lipinski definition) is 0. The molecule has 0 bridgehead atoms. The summed E-state index contributed by atoms with van der Waals surface area (Å²) in [4.78, 5) is 2.65. The van der Waals surface area contributed by atoms with Crippen molar-refractivity contribution in [3.8, 4) is 11.5 Å². The molecule has 1 aliphatic rings. The van der Waals surface area contributed by atoms with Crippen molar-refractivity contribution in [1.29, 1.82) is 0 Å². The summed E-state index contributed by atoms with van der Waals surface area (Å²) in [5.74, 6) is 1.87. The highest BCUT2D eigenvalue weighted by atomic mass is 35.5. The average molecular weight is 404 g/mol. The van der Waals surface area contributed by atoms with Gasteiger partial charge in [-0.3, -0.25) is 0 Å². The minimum atomic E-state index is 0. The molecule has 0 aromatic heterocycles. The van der Waals surface area contributed by atoms with Gasteiger partial charge in [-0.2, -0.15) is 0 Å². The highest BCUT2D eigenvalue weighted by Gasteiger charge is 2.26. The molecule has 2 unspecified atom stereocenters. The molecule has 0 amide bonds. The van der Waals surface area contributed by atoms with Gasteiger partial charge in [0.1, 0.15) is 11.5 Å². The Morgan fingerprint density at radius 3 is 1.50 bits per heavy atom. The molecule has 3 nitrogen and oxygen atoms in total. The fourth-order valence-electron chi connectivity index (χ4n) is 4.24. The van der Waals surface area contributed by atoms with E-state index in [2.05, 4.69) is 60.5 Å². The first-order chi connectivity index (χ1) is 13.2. The molecule has 0 spiro atoms. The number of methoxy groups -OCH3 is 2. The number of rotatable bonds is 8. The minimum absolute atomic E-state index is 0. The van der Waals surface area contributed by atoms with Crippen molar-refractivity contribution in [2.45, 2.75) is 57.0 Å². The van der Waals surface area contributed by atoms with Crippen molar-refractivity contribution in [2.75, 3.05) is 21.3 Å². The molecule has 2 atom stereocenters. The van der Waals surface area contributed by atoms with E-state index >= 15 is 0 Å². The van der Waals surface area contributed by atoms with E-state index in [-0.39, 0.29) is 12.4 Å². The first-order valence-electron chi connectivity index (χ1n) is 10.2. The molecule has 0 aliphatic carbocycles. The van der Waals surface area contributed by atoms with Crippen LogP contribution in [0, 0.1) is 0 Å². The van der Waals surface area contributed by atoms with Crippen LogP contribution < -0.4 is 9.47 Å². The van der Waals surface area contributed by atoms with Crippen LogP contribution in [0.25, 0.3) is 0 Å². The van der Waals surface area contributed by atoms with Gasteiger partial charge in [-0.1, -0.05) is 30.7 Å². The molecule has 2 aromatic rings. The zero-order valence-corrected chi connectivity index (χ0v) is 18.2. The fraction of sp³-hybridized carbons (Fsp3) is 0.500. The van der Waals surface area contributed by atoms with Crippen molar-refractivity contribution >= 4 is 12.4 Å². The van der Waals surface area contributed by atoms with Crippen LogP contribution in [0.3, 0.4) is 0 Å². The number of aryl methyl sites for hydroxylation is 2. The van der Waals surface area contributed by atoms with E-state index in [1.54, 1.807) is 14.2 Å². The summed E-state index contributed by atoms with van der Waals surface area (Å²) in [5.41, 5.74) is 2.81. The molecule has 1 saturated heterocycles. The first-order valence-corrected chi connectivity index (χ1v) is 10.2. The number of piperidine rings is 1.